The Kier molecular flexibility index (Phi) is 7.13. The third kappa shape index (κ3) is 4.51. The van der Waals surface area contributed by atoms with Crippen LogP contribution in [0.4, 0.5) is 5.69 Å². The maximum absolute atomic E-state index is 14.3. The number of amides is 2. The molecule has 2 atom stereocenters. The van der Waals surface area contributed by atoms with Crippen molar-refractivity contribution in [3.05, 3.63) is 83.4 Å². The first kappa shape index (κ1) is 25.4. The van der Waals surface area contributed by atoms with Crippen molar-refractivity contribution in [3.8, 4) is 17.2 Å². The van der Waals surface area contributed by atoms with Crippen LogP contribution in [0.1, 0.15) is 33.4 Å². The van der Waals surface area contributed by atoms with Crippen molar-refractivity contribution in [1.82, 2.24) is 9.80 Å². The molecule has 2 aliphatic heterocycles. The fourth-order valence-electron chi connectivity index (χ4n) is 5.55. The Balaban J connectivity index is 1.54. The van der Waals surface area contributed by atoms with Gasteiger partial charge in [0.15, 0.2) is 11.5 Å². The van der Waals surface area contributed by atoms with E-state index >= 15 is 0 Å². The van der Waals surface area contributed by atoms with Gasteiger partial charge in [0.1, 0.15) is 5.75 Å². The number of methoxy groups -OCH3 is 3. The van der Waals surface area contributed by atoms with Gasteiger partial charge in [0.2, 0.25) is 5.91 Å². The highest BCUT2D eigenvalue weighted by molar-refractivity contribution is 6.02. The van der Waals surface area contributed by atoms with E-state index in [0.717, 1.165) is 24.3 Å². The smallest absolute Gasteiger partial charge is 0.254 e. The average Bonchev–Trinajstić information content (AvgIpc) is 2.98. The molecule has 0 radical (unpaired) electrons. The van der Waals surface area contributed by atoms with Gasteiger partial charge >= 0.3 is 0 Å². The number of anilines is 1. The largest absolute Gasteiger partial charge is 0.497 e. The number of benzene rings is 3. The summed E-state index contributed by atoms with van der Waals surface area (Å²) in [5.74, 6) is 0.878. The van der Waals surface area contributed by atoms with Gasteiger partial charge in [-0.15, -0.1) is 0 Å². The summed E-state index contributed by atoms with van der Waals surface area (Å²) in [6.07, 6.45) is 0. The molecule has 2 aliphatic rings. The SMILES string of the molecule is COc1ccc([C@@H]2[C@H](C(=O)N3CCN(c4ccccc4)CC3)c3cc(OC)c(OC)cc3C(=O)N2C)cc1. The number of rotatable bonds is 6. The van der Waals surface area contributed by atoms with E-state index in [1.54, 1.807) is 38.3 Å². The topological polar surface area (TPSA) is 71.5 Å². The average molecular weight is 516 g/mol. The van der Waals surface area contributed by atoms with Crippen molar-refractivity contribution in [2.45, 2.75) is 12.0 Å². The number of hydrogen-bond acceptors (Lipinski definition) is 6. The van der Waals surface area contributed by atoms with Gasteiger partial charge in [-0.1, -0.05) is 30.3 Å². The number of fused-ring (bicyclic) bond motifs is 1. The molecule has 0 aromatic heterocycles. The Morgan fingerprint density at radius 2 is 1.45 bits per heavy atom. The van der Waals surface area contributed by atoms with E-state index in [1.807, 2.05) is 47.4 Å². The summed E-state index contributed by atoms with van der Waals surface area (Å²) in [7, 11) is 6.46. The van der Waals surface area contributed by atoms with Crippen LogP contribution in [-0.2, 0) is 4.79 Å². The van der Waals surface area contributed by atoms with Crippen LogP contribution in [0.3, 0.4) is 0 Å². The molecule has 2 amide bonds. The molecule has 0 saturated carbocycles. The first-order valence-corrected chi connectivity index (χ1v) is 12.7. The molecule has 0 aliphatic carbocycles. The van der Waals surface area contributed by atoms with Crippen LogP contribution >= 0.6 is 0 Å². The third-order valence-electron chi connectivity index (χ3n) is 7.61. The predicted octanol–water partition coefficient (Wildman–Crippen LogP) is 3.97. The zero-order chi connectivity index (χ0) is 26.8. The van der Waals surface area contributed by atoms with Crippen molar-refractivity contribution in [2.24, 2.45) is 0 Å². The number of nitrogens with zero attached hydrogens (tertiary/aromatic N) is 3. The first-order chi connectivity index (χ1) is 18.5. The van der Waals surface area contributed by atoms with Crippen molar-refractivity contribution < 1.29 is 23.8 Å². The third-order valence-corrected chi connectivity index (χ3v) is 7.61. The number of likely N-dealkylation sites (N-methyl/N-ethyl adjacent to an activating group) is 1. The van der Waals surface area contributed by atoms with Gasteiger partial charge in [-0.3, -0.25) is 9.59 Å². The number of carbonyl (C=O) groups is 2. The minimum absolute atomic E-state index is 0.00801. The minimum Gasteiger partial charge on any atom is -0.497 e. The predicted molar refractivity (Wildman–Crippen MR) is 145 cm³/mol. The van der Waals surface area contributed by atoms with E-state index in [0.29, 0.717) is 41.5 Å². The zero-order valence-electron chi connectivity index (χ0n) is 22.2. The van der Waals surface area contributed by atoms with Gasteiger partial charge in [0, 0.05) is 44.5 Å². The zero-order valence-corrected chi connectivity index (χ0v) is 22.2. The molecule has 2 heterocycles. The van der Waals surface area contributed by atoms with Crippen LogP contribution in [-0.4, -0.2) is 76.2 Å². The Hall–Kier alpha value is -4.20. The van der Waals surface area contributed by atoms with Gasteiger partial charge in [-0.05, 0) is 47.5 Å². The van der Waals surface area contributed by atoms with Crippen LogP contribution in [0.25, 0.3) is 0 Å². The van der Waals surface area contributed by atoms with Gasteiger partial charge in [-0.25, -0.2) is 0 Å². The molecule has 38 heavy (non-hydrogen) atoms. The lowest BCUT2D eigenvalue weighted by atomic mass is 9.78. The van der Waals surface area contributed by atoms with E-state index in [4.69, 9.17) is 14.2 Å². The normalized spacial score (nSPS) is 19.2. The number of hydrogen-bond donors (Lipinski definition) is 0. The van der Waals surface area contributed by atoms with Crippen LogP contribution in [0, 0.1) is 0 Å². The second-order valence-electron chi connectivity index (χ2n) is 9.55. The maximum Gasteiger partial charge on any atom is 0.254 e. The summed E-state index contributed by atoms with van der Waals surface area (Å²) in [6, 6.07) is 20.8. The molecule has 5 rings (SSSR count). The minimum atomic E-state index is -0.607. The van der Waals surface area contributed by atoms with Gasteiger partial charge in [0.05, 0.1) is 33.3 Å². The van der Waals surface area contributed by atoms with E-state index in [2.05, 4.69) is 17.0 Å². The molecule has 0 unspecified atom stereocenters. The molecular weight excluding hydrogens is 482 g/mol. The summed E-state index contributed by atoms with van der Waals surface area (Å²) in [5.41, 5.74) is 3.13. The number of carbonyl (C=O) groups excluding carboxylic acids is 2. The van der Waals surface area contributed by atoms with E-state index in [1.165, 1.54) is 7.11 Å². The highest BCUT2D eigenvalue weighted by Crippen LogP contribution is 2.46. The Morgan fingerprint density at radius 1 is 0.816 bits per heavy atom. The lowest BCUT2D eigenvalue weighted by Gasteiger charge is -2.43. The van der Waals surface area contributed by atoms with Gasteiger partial charge in [0.25, 0.3) is 5.91 Å². The Morgan fingerprint density at radius 3 is 2.05 bits per heavy atom. The number of ether oxygens (including phenoxy) is 3. The fraction of sp³-hybridized carbons (Fsp3) is 0.333. The molecule has 1 saturated heterocycles. The van der Waals surface area contributed by atoms with Crippen LogP contribution in [0.15, 0.2) is 66.7 Å². The second-order valence-corrected chi connectivity index (χ2v) is 9.55. The van der Waals surface area contributed by atoms with E-state index in [9.17, 15) is 9.59 Å². The molecule has 0 bridgehead atoms. The lowest BCUT2D eigenvalue weighted by molar-refractivity contribution is -0.134. The highest BCUT2D eigenvalue weighted by Gasteiger charge is 2.45. The van der Waals surface area contributed by atoms with E-state index in [-0.39, 0.29) is 11.8 Å². The Labute approximate surface area is 223 Å². The standard InChI is InChI=1S/C30H33N3O5/c1-31-28(20-10-12-22(36-2)13-11-20)27(23-18-25(37-3)26(38-4)19-24(23)29(31)34)30(35)33-16-14-32(15-17-33)21-8-6-5-7-9-21/h5-13,18-19,27-28H,14-17H2,1-4H3/t27-,28-/m1/s1. The monoisotopic (exact) mass is 515 g/mol. The Bertz CT molecular complexity index is 1300. The molecule has 198 valence electrons. The molecule has 3 aromatic rings. The van der Waals surface area contributed by atoms with Crippen molar-refractivity contribution in [1.29, 1.82) is 0 Å². The highest BCUT2D eigenvalue weighted by atomic mass is 16.5. The fourth-order valence-corrected chi connectivity index (χ4v) is 5.55. The maximum atomic E-state index is 14.3. The summed E-state index contributed by atoms with van der Waals surface area (Å²) in [4.78, 5) is 33.8. The molecule has 8 nitrogen and oxygen atoms in total. The van der Waals surface area contributed by atoms with Gasteiger partial charge < -0.3 is 28.9 Å². The summed E-state index contributed by atoms with van der Waals surface area (Å²) in [5, 5.41) is 0. The first-order valence-electron chi connectivity index (χ1n) is 12.7. The number of para-hydroxylation sites is 1. The number of piperazine rings is 1. The van der Waals surface area contributed by atoms with Crippen molar-refractivity contribution >= 4 is 17.5 Å². The second kappa shape index (κ2) is 10.7. The van der Waals surface area contributed by atoms with Crippen LogP contribution < -0.4 is 19.1 Å². The van der Waals surface area contributed by atoms with Crippen LogP contribution in [0.2, 0.25) is 0 Å². The van der Waals surface area contributed by atoms with E-state index < -0.39 is 12.0 Å². The molecule has 3 aromatic carbocycles. The molecular formula is C30H33N3O5. The van der Waals surface area contributed by atoms with Gasteiger partial charge in [-0.2, -0.15) is 0 Å². The summed E-state index contributed by atoms with van der Waals surface area (Å²) < 4.78 is 16.4. The van der Waals surface area contributed by atoms with Crippen molar-refractivity contribution in [2.75, 3.05) is 59.5 Å². The summed E-state index contributed by atoms with van der Waals surface area (Å²) in [6.45, 7) is 2.67. The summed E-state index contributed by atoms with van der Waals surface area (Å²) >= 11 is 0. The molecule has 0 N–H and O–H groups in total. The molecule has 0 spiro atoms. The quantitative estimate of drug-likeness (QED) is 0.495. The molecule has 8 heteroatoms. The lowest BCUT2D eigenvalue weighted by Crippen LogP contribution is -2.53. The molecule has 1 fully saturated rings. The van der Waals surface area contributed by atoms with Crippen molar-refractivity contribution in [3.63, 3.8) is 0 Å². The van der Waals surface area contributed by atoms with Crippen LogP contribution in [0.5, 0.6) is 17.2 Å².